The summed E-state index contributed by atoms with van der Waals surface area (Å²) in [6.45, 7) is -0.103. The molecule has 0 unspecified atom stereocenters. The second-order valence-electron chi connectivity index (χ2n) is 6.25. The first-order chi connectivity index (χ1) is 14.2. The van der Waals surface area contributed by atoms with Crippen LogP contribution in [0, 0.1) is 0 Å². The van der Waals surface area contributed by atoms with Gasteiger partial charge in [-0.15, -0.1) is 22.7 Å². The molecule has 0 radical (unpaired) electrons. The molecule has 0 aliphatic rings. The van der Waals surface area contributed by atoms with Gasteiger partial charge in [-0.2, -0.15) is 0 Å². The van der Waals surface area contributed by atoms with Crippen LogP contribution < -0.4 is 4.74 Å². The molecule has 0 amide bonds. The van der Waals surface area contributed by atoms with E-state index >= 15 is 0 Å². The number of carbonyl (C=O) groups excluding carboxylic acids is 1. The van der Waals surface area contributed by atoms with Crippen LogP contribution >= 0.6 is 22.7 Å². The summed E-state index contributed by atoms with van der Waals surface area (Å²) in [6, 6.07) is 15.8. The molecule has 0 fully saturated rings. The van der Waals surface area contributed by atoms with Gasteiger partial charge in [-0.3, -0.25) is 0 Å². The van der Waals surface area contributed by atoms with Gasteiger partial charge in [0.2, 0.25) is 0 Å². The van der Waals surface area contributed by atoms with E-state index in [1.807, 2.05) is 53.2 Å². The summed E-state index contributed by atoms with van der Waals surface area (Å²) in [5.41, 5.74) is 1.98. The molecule has 0 aliphatic heterocycles. The van der Waals surface area contributed by atoms with E-state index in [-0.39, 0.29) is 6.61 Å². The number of hydrogen-bond acceptors (Lipinski definition) is 7. The number of thiophene rings is 2. The van der Waals surface area contributed by atoms with Crippen molar-refractivity contribution in [3.8, 4) is 27.0 Å². The third-order valence-electron chi connectivity index (χ3n) is 4.28. The van der Waals surface area contributed by atoms with Crippen molar-refractivity contribution in [1.29, 1.82) is 0 Å². The Bertz CT molecular complexity index is 1020. The number of methoxy groups -OCH3 is 1. The maximum atomic E-state index is 11.2. The third kappa shape index (κ3) is 4.75. The van der Waals surface area contributed by atoms with Gasteiger partial charge in [-0.25, -0.2) is 9.78 Å². The number of carbonyl (C=O) groups is 1. The highest BCUT2D eigenvalue weighted by Crippen LogP contribution is 2.37. The maximum Gasteiger partial charge on any atom is 0.343 e. The summed E-state index contributed by atoms with van der Waals surface area (Å²) < 4.78 is 16.2. The van der Waals surface area contributed by atoms with E-state index in [0.717, 1.165) is 33.2 Å². The predicted octanol–water partition coefficient (Wildman–Crippen LogP) is 5.47. The average molecular weight is 426 g/mol. The van der Waals surface area contributed by atoms with Crippen LogP contribution in [0.1, 0.15) is 11.5 Å². The summed E-state index contributed by atoms with van der Waals surface area (Å²) in [6.07, 6.45) is 1.42. The Labute approximate surface area is 176 Å². The van der Waals surface area contributed by atoms with Crippen LogP contribution in [0.4, 0.5) is 0 Å². The van der Waals surface area contributed by atoms with Gasteiger partial charge >= 0.3 is 5.97 Å². The molecule has 3 aromatic heterocycles. The normalized spacial score (nSPS) is 10.8. The average Bonchev–Trinajstić information content (AvgIpc) is 3.51. The zero-order chi connectivity index (χ0) is 20.1. The highest BCUT2D eigenvalue weighted by atomic mass is 32.1. The van der Waals surface area contributed by atoms with Crippen LogP contribution in [0.5, 0.6) is 5.75 Å². The number of aryl methyl sites for hydroxylation is 2. The summed E-state index contributed by atoms with van der Waals surface area (Å²) in [5, 5.41) is 4.08. The number of esters is 1. The minimum atomic E-state index is -0.405. The molecule has 7 heteroatoms. The quantitative estimate of drug-likeness (QED) is 0.350. The maximum absolute atomic E-state index is 11.2. The second-order valence-corrected chi connectivity index (χ2v) is 8.15. The predicted molar refractivity (Wildman–Crippen MR) is 114 cm³/mol. The molecular weight excluding hydrogens is 406 g/mol. The van der Waals surface area contributed by atoms with Gasteiger partial charge in [0, 0.05) is 6.42 Å². The molecule has 3 heterocycles. The van der Waals surface area contributed by atoms with Crippen molar-refractivity contribution in [1.82, 2.24) is 4.98 Å². The number of hydrogen-bond donors (Lipinski definition) is 0. The summed E-state index contributed by atoms with van der Waals surface area (Å²) in [5.74, 6) is 1.77. The van der Waals surface area contributed by atoms with Gasteiger partial charge in [0.05, 0.1) is 16.9 Å². The Morgan fingerprint density at radius 2 is 1.83 bits per heavy atom. The van der Waals surface area contributed by atoms with Crippen LogP contribution in [-0.2, 0) is 22.4 Å². The van der Waals surface area contributed by atoms with Crippen molar-refractivity contribution in [3.05, 3.63) is 70.7 Å². The monoisotopic (exact) mass is 425 g/mol. The van der Waals surface area contributed by atoms with E-state index in [2.05, 4.69) is 10.8 Å². The molecular formula is C22H19NO4S2. The van der Waals surface area contributed by atoms with Gasteiger partial charge in [-0.05, 0) is 47.0 Å². The van der Waals surface area contributed by atoms with E-state index in [0.29, 0.717) is 18.1 Å². The molecule has 0 aliphatic carbocycles. The molecule has 0 N–H and O–H groups in total. The Morgan fingerprint density at radius 3 is 2.55 bits per heavy atom. The van der Waals surface area contributed by atoms with Crippen LogP contribution in [0.25, 0.3) is 21.2 Å². The minimum absolute atomic E-state index is 0.103. The van der Waals surface area contributed by atoms with Crippen molar-refractivity contribution < 1.29 is 18.7 Å². The molecule has 29 heavy (non-hydrogen) atoms. The van der Waals surface area contributed by atoms with Crippen molar-refractivity contribution in [3.63, 3.8) is 0 Å². The molecule has 0 saturated carbocycles. The Kier molecular flexibility index (Phi) is 6.07. The lowest BCUT2D eigenvalue weighted by Crippen LogP contribution is -2.12. The van der Waals surface area contributed by atoms with Gasteiger partial charge in [0.1, 0.15) is 11.4 Å². The largest absolute Gasteiger partial charge is 0.482 e. The van der Waals surface area contributed by atoms with Crippen molar-refractivity contribution in [2.75, 3.05) is 13.7 Å². The lowest BCUT2D eigenvalue weighted by atomic mass is 10.1. The highest BCUT2D eigenvalue weighted by molar-refractivity contribution is 7.14. The first-order valence-electron chi connectivity index (χ1n) is 9.09. The number of aromatic nitrogens is 1. The SMILES string of the molecule is COC(=O)COc1cccc(CCc2nc(-c3cccs3)c(-c3cccs3)o2)c1. The van der Waals surface area contributed by atoms with E-state index in [9.17, 15) is 4.79 Å². The number of oxazole rings is 1. The first-order valence-corrected chi connectivity index (χ1v) is 10.8. The Morgan fingerprint density at radius 1 is 1.03 bits per heavy atom. The molecule has 4 rings (SSSR count). The van der Waals surface area contributed by atoms with Crippen LogP contribution in [0.15, 0.2) is 63.7 Å². The zero-order valence-electron chi connectivity index (χ0n) is 15.8. The third-order valence-corrected chi connectivity index (χ3v) is 6.03. The van der Waals surface area contributed by atoms with Crippen molar-refractivity contribution >= 4 is 28.6 Å². The molecule has 0 spiro atoms. The first kappa shape index (κ1) is 19.4. The van der Waals surface area contributed by atoms with Gasteiger partial charge in [-0.1, -0.05) is 24.3 Å². The van der Waals surface area contributed by atoms with Crippen molar-refractivity contribution in [2.45, 2.75) is 12.8 Å². The van der Waals surface area contributed by atoms with E-state index in [1.165, 1.54) is 7.11 Å². The van der Waals surface area contributed by atoms with Crippen LogP contribution in [-0.4, -0.2) is 24.7 Å². The molecule has 0 bridgehead atoms. The smallest absolute Gasteiger partial charge is 0.343 e. The summed E-state index contributed by atoms with van der Waals surface area (Å²) in [7, 11) is 1.34. The van der Waals surface area contributed by atoms with E-state index in [4.69, 9.17) is 14.1 Å². The second kappa shape index (κ2) is 9.07. The summed E-state index contributed by atoms with van der Waals surface area (Å²) in [4.78, 5) is 18.2. The Hall–Kier alpha value is -2.90. The van der Waals surface area contributed by atoms with Gasteiger partial charge in [0.25, 0.3) is 0 Å². The zero-order valence-corrected chi connectivity index (χ0v) is 17.4. The number of benzene rings is 1. The number of ether oxygens (including phenoxy) is 2. The standard InChI is InChI=1S/C22H19NO4S2/c1-25-20(24)14-26-16-6-2-5-15(13-16)9-10-19-23-21(17-7-3-11-28-17)22(27-19)18-8-4-12-29-18/h2-8,11-13H,9-10,14H2,1H3. The molecule has 5 nitrogen and oxygen atoms in total. The molecule has 148 valence electrons. The fourth-order valence-electron chi connectivity index (χ4n) is 2.87. The lowest BCUT2D eigenvalue weighted by molar-refractivity contribution is -0.142. The van der Waals surface area contributed by atoms with Crippen LogP contribution in [0.2, 0.25) is 0 Å². The molecule has 0 saturated heterocycles. The van der Waals surface area contributed by atoms with Gasteiger partial charge in [0.15, 0.2) is 18.3 Å². The molecule has 4 aromatic rings. The van der Waals surface area contributed by atoms with Gasteiger partial charge < -0.3 is 13.9 Å². The van der Waals surface area contributed by atoms with E-state index in [1.54, 1.807) is 22.7 Å². The van der Waals surface area contributed by atoms with Crippen molar-refractivity contribution in [2.24, 2.45) is 0 Å². The summed E-state index contributed by atoms with van der Waals surface area (Å²) >= 11 is 3.30. The fraction of sp³-hybridized carbons (Fsp3) is 0.182. The molecule has 0 atom stereocenters. The topological polar surface area (TPSA) is 61.6 Å². The van der Waals surface area contributed by atoms with Crippen LogP contribution in [0.3, 0.4) is 0 Å². The lowest BCUT2D eigenvalue weighted by Gasteiger charge is -2.06. The van der Waals surface area contributed by atoms with E-state index < -0.39 is 5.97 Å². The minimum Gasteiger partial charge on any atom is -0.482 e. The molecule has 1 aromatic carbocycles. The highest BCUT2D eigenvalue weighted by Gasteiger charge is 2.18. The number of nitrogens with zero attached hydrogens (tertiary/aromatic N) is 1. The number of rotatable bonds is 8. The fourth-order valence-corrected chi connectivity index (χ4v) is 4.29. The Balaban J connectivity index is 1.49.